The van der Waals surface area contributed by atoms with Crippen molar-refractivity contribution in [2.45, 2.75) is 13.0 Å². The van der Waals surface area contributed by atoms with Crippen LogP contribution in [0.15, 0.2) is 48.0 Å². The van der Waals surface area contributed by atoms with Crippen molar-refractivity contribution in [2.24, 2.45) is 0 Å². The fraction of sp³-hybridized carbons (Fsp3) is 0.133. The number of hydrogen-bond donors (Lipinski definition) is 1. The first-order valence-electron chi connectivity index (χ1n) is 6.09. The summed E-state index contributed by atoms with van der Waals surface area (Å²) >= 11 is 1.73. The Bertz CT molecular complexity index is 713. The summed E-state index contributed by atoms with van der Waals surface area (Å²) in [5, 5.41) is 12.1. The van der Waals surface area contributed by atoms with E-state index in [1.54, 1.807) is 17.5 Å². The van der Waals surface area contributed by atoms with Crippen LogP contribution in [0.1, 0.15) is 15.2 Å². The molecule has 0 saturated carbocycles. The Balaban J connectivity index is 1.97. The molecule has 2 heterocycles. The van der Waals surface area contributed by atoms with Crippen LogP contribution in [0.4, 0.5) is 0 Å². The second-order valence-corrected chi connectivity index (χ2v) is 5.42. The van der Waals surface area contributed by atoms with Gasteiger partial charge in [-0.1, -0.05) is 24.3 Å². The van der Waals surface area contributed by atoms with Gasteiger partial charge in [0.25, 0.3) is 0 Å². The summed E-state index contributed by atoms with van der Waals surface area (Å²) in [6.07, 6.45) is 2.66. The topological polar surface area (TPSA) is 42.2 Å². The molecule has 0 amide bonds. The molecular weight excluding hydrogens is 258 g/mol. The van der Waals surface area contributed by atoms with Crippen LogP contribution in [0.2, 0.25) is 0 Å². The lowest BCUT2D eigenvalue weighted by Gasteiger charge is -2.03. The predicted octanol–water partition coefficient (Wildman–Crippen LogP) is 3.64. The standard InChI is InChI=1S/C15H13NO2S/c17-15(18)13-10-16(8-7-11-4-3-9-19-11)14-6-2-1-5-12(13)14/h1-6,9-10H,7-8H2,(H,17,18). The zero-order valence-electron chi connectivity index (χ0n) is 10.2. The van der Waals surface area contributed by atoms with E-state index in [1.807, 2.05) is 34.9 Å². The summed E-state index contributed by atoms with van der Waals surface area (Å²) in [5.74, 6) is -0.869. The molecule has 4 heteroatoms. The molecule has 0 bridgehead atoms. The summed E-state index contributed by atoms with van der Waals surface area (Å²) in [4.78, 5) is 12.6. The first-order chi connectivity index (χ1) is 9.25. The van der Waals surface area contributed by atoms with E-state index in [-0.39, 0.29) is 0 Å². The van der Waals surface area contributed by atoms with E-state index in [2.05, 4.69) is 11.4 Å². The smallest absolute Gasteiger partial charge is 0.337 e. The Morgan fingerprint density at radius 2 is 2.05 bits per heavy atom. The van der Waals surface area contributed by atoms with Crippen LogP contribution in [0.5, 0.6) is 0 Å². The first-order valence-corrected chi connectivity index (χ1v) is 6.97. The lowest BCUT2D eigenvalue weighted by Crippen LogP contribution is -1.99. The second kappa shape index (κ2) is 4.90. The summed E-state index contributed by atoms with van der Waals surface area (Å²) in [5.41, 5.74) is 1.36. The van der Waals surface area contributed by atoms with Crippen molar-refractivity contribution >= 4 is 28.2 Å². The van der Waals surface area contributed by atoms with Gasteiger partial charge in [-0.25, -0.2) is 4.79 Å². The molecule has 3 rings (SSSR count). The summed E-state index contributed by atoms with van der Waals surface area (Å²) < 4.78 is 2.03. The van der Waals surface area contributed by atoms with Crippen molar-refractivity contribution in [3.8, 4) is 0 Å². The van der Waals surface area contributed by atoms with Crippen LogP contribution < -0.4 is 0 Å². The number of carboxylic acids is 1. The fourth-order valence-corrected chi connectivity index (χ4v) is 2.99. The third-order valence-electron chi connectivity index (χ3n) is 3.20. The van der Waals surface area contributed by atoms with Gasteiger partial charge in [0.15, 0.2) is 0 Å². The van der Waals surface area contributed by atoms with E-state index in [0.717, 1.165) is 23.9 Å². The minimum atomic E-state index is -0.869. The number of fused-ring (bicyclic) bond motifs is 1. The average Bonchev–Trinajstić information content (AvgIpc) is 3.04. The van der Waals surface area contributed by atoms with Gasteiger partial charge >= 0.3 is 5.97 Å². The largest absolute Gasteiger partial charge is 0.478 e. The highest BCUT2D eigenvalue weighted by atomic mass is 32.1. The van der Waals surface area contributed by atoms with Gasteiger partial charge in [0, 0.05) is 28.5 Å². The Hall–Kier alpha value is -2.07. The molecule has 0 spiro atoms. The third kappa shape index (κ3) is 2.27. The summed E-state index contributed by atoms with van der Waals surface area (Å²) in [7, 11) is 0. The lowest BCUT2D eigenvalue weighted by molar-refractivity contribution is 0.0699. The number of carboxylic acid groups (broad SMARTS) is 1. The number of benzene rings is 1. The normalized spacial score (nSPS) is 10.9. The fourth-order valence-electron chi connectivity index (χ4n) is 2.29. The van der Waals surface area contributed by atoms with Crippen molar-refractivity contribution in [1.29, 1.82) is 0 Å². The number of nitrogens with zero attached hydrogens (tertiary/aromatic N) is 1. The van der Waals surface area contributed by atoms with Crippen molar-refractivity contribution in [2.75, 3.05) is 0 Å². The minimum Gasteiger partial charge on any atom is -0.478 e. The van der Waals surface area contributed by atoms with Crippen molar-refractivity contribution in [1.82, 2.24) is 4.57 Å². The van der Waals surface area contributed by atoms with E-state index >= 15 is 0 Å². The highest BCUT2D eigenvalue weighted by molar-refractivity contribution is 7.09. The van der Waals surface area contributed by atoms with Crippen molar-refractivity contribution < 1.29 is 9.90 Å². The van der Waals surface area contributed by atoms with Crippen LogP contribution in [0.25, 0.3) is 10.9 Å². The van der Waals surface area contributed by atoms with Gasteiger partial charge < -0.3 is 9.67 Å². The quantitative estimate of drug-likeness (QED) is 0.787. The molecule has 3 aromatic rings. The molecule has 3 nitrogen and oxygen atoms in total. The van der Waals surface area contributed by atoms with E-state index in [9.17, 15) is 9.90 Å². The molecule has 0 aliphatic carbocycles. The van der Waals surface area contributed by atoms with E-state index in [1.165, 1.54) is 4.88 Å². The molecule has 0 aliphatic heterocycles. The Labute approximate surface area is 114 Å². The van der Waals surface area contributed by atoms with Gasteiger partial charge in [0.1, 0.15) is 0 Å². The zero-order chi connectivity index (χ0) is 13.2. The van der Waals surface area contributed by atoms with E-state index in [0.29, 0.717) is 5.56 Å². The minimum absolute atomic E-state index is 0.377. The number of thiophene rings is 1. The molecule has 0 atom stereocenters. The van der Waals surface area contributed by atoms with E-state index in [4.69, 9.17) is 0 Å². The van der Waals surface area contributed by atoms with Crippen LogP contribution in [-0.2, 0) is 13.0 Å². The van der Waals surface area contributed by atoms with Crippen LogP contribution in [0.3, 0.4) is 0 Å². The molecule has 96 valence electrons. The monoisotopic (exact) mass is 271 g/mol. The van der Waals surface area contributed by atoms with Crippen LogP contribution in [-0.4, -0.2) is 15.6 Å². The molecule has 0 radical (unpaired) electrons. The maximum Gasteiger partial charge on any atom is 0.337 e. The molecule has 0 aliphatic rings. The Kier molecular flexibility index (Phi) is 3.09. The lowest BCUT2D eigenvalue weighted by atomic mass is 10.2. The summed E-state index contributed by atoms with van der Waals surface area (Å²) in [6.45, 7) is 0.800. The van der Waals surface area contributed by atoms with Gasteiger partial charge in [0.05, 0.1) is 5.56 Å². The maximum atomic E-state index is 11.2. The third-order valence-corrected chi connectivity index (χ3v) is 4.13. The SMILES string of the molecule is O=C(O)c1cn(CCc2cccs2)c2ccccc12. The molecule has 0 unspecified atom stereocenters. The number of aromatic carboxylic acids is 1. The number of aryl methyl sites for hydroxylation is 2. The zero-order valence-corrected chi connectivity index (χ0v) is 11.1. The molecule has 1 aromatic carbocycles. The number of carbonyl (C=O) groups is 1. The Morgan fingerprint density at radius 3 is 2.79 bits per heavy atom. The summed E-state index contributed by atoms with van der Waals surface area (Å²) in [6, 6.07) is 11.8. The molecule has 1 N–H and O–H groups in total. The molecular formula is C15H13NO2S. The first kappa shape index (κ1) is 12.0. The highest BCUT2D eigenvalue weighted by Crippen LogP contribution is 2.22. The second-order valence-electron chi connectivity index (χ2n) is 4.39. The van der Waals surface area contributed by atoms with Gasteiger partial charge in [-0.2, -0.15) is 0 Å². The van der Waals surface area contributed by atoms with Crippen molar-refractivity contribution in [3.05, 3.63) is 58.4 Å². The van der Waals surface area contributed by atoms with Crippen LogP contribution in [0, 0.1) is 0 Å². The van der Waals surface area contributed by atoms with Gasteiger partial charge in [-0.3, -0.25) is 0 Å². The molecule has 0 saturated heterocycles. The number of para-hydroxylation sites is 1. The average molecular weight is 271 g/mol. The number of rotatable bonds is 4. The van der Waals surface area contributed by atoms with Gasteiger partial charge in [-0.15, -0.1) is 11.3 Å². The molecule has 2 aromatic heterocycles. The van der Waals surface area contributed by atoms with Crippen LogP contribution >= 0.6 is 11.3 Å². The Morgan fingerprint density at radius 1 is 1.21 bits per heavy atom. The molecule has 0 fully saturated rings. The number of aromatic nitrogens is 1. The maximum absolute atomic E-state index is 11.2. The number of hydrogen-bond acceptors (Lipinski definition) is 2. The van der Waals surface area contributed by atoms with Gasteiger partial charge in [-0.05, 0) is 23.9 Å². The highest BCUT2D eigenvalue weighted by Gasteiger charge is 2.13. The predicted molar refractivity (Wildman–Crippen MR) is 76.9 cm³/mol. The van der Waals surface area contributed by atoms with E-state index < -0.39 is 5.97 Å². The van der Waals surface area contributed by atoms with Crippen molar-refractivity contribution in [3.63, 3.8) is 0 Å². The molecule has 19 heavy (non-hydrogen) atoms. The van der Waals surface area contributed by atoms with Gasteiger partial charge in [0.2, 0.25) is 0 Å².